The molecule has 0 aromatic carbocycles. The summed E-state index contributed by atoms with van der Waals surface area (Å²) in [6.45, 7) is 4.10. The van der Waals surface area contributed by atoms with Gasteiger partial charge >= 0.3 is 5.97 Å². The molecule has 0 aromatic rings. The van der Waals surface area contributed by atoms with Crippen molar-refractivity contribution in [3.05, 3.63) is 0 Å². The Morgan fingerprint density at radius 2 is 2.00 bits per heavy atom. The van der Waals surface area contributed by atoms with Crippen LogP contribution in [-0.2, 0) is 9.53 Å². The van der Waals surface area contributed by atoms with E-state index in [-0.39, 0.29) is 17.3 Å². The second-order valence-electron chi connectivity index (χ2n) is 3.22. The molecule has 0 aromatic heterocycles. The number of methoxy groups -OCH3 is 1. The maximum absolute atomic E-state index is 10.9. The second-order valence-corrected chi connectivity index (χ2v) is 4.21. The molecule has 2 nitrogen and oxygen atoms in total. The van der Waals surface area contributed by atoms with Gasteiger partial charge in [-0.05, 0) is 5.41 Å². The summed E-state index contributed by atoms with van der Waals surface area (Å²) in [6.07, 6.45) is 0. The van der Waals surface area contributed by atoms with E-state index >= 15 is 0 Å². The number of carbonyl (C=O) groups is 1. The SMILES string of the molecule is COC(=O)C1C(Br)C1(C)C. The molecule has 10 heavy (non-hydrogen) atoms. The summed E-state index contributed by atoms with van der Waals surface area (Å²) >= 11 is 3.41. The normalized spacial score (nSPS) is 35.2. The highest BCUT2D eigenvalue weighted by Crippen LogP contribution is 2.57. The van der Waals surface area contributed by atoms with Crippen LogP contribution in [0.25, 0.3) is 0 Å². The molecule has 0 heterocycles. The van der Waals surface area contributed by atoms with Crippen LogP contribution in [0, 0.1) is 11.3 Å². The van der Waals surface area contributed by atoms with Crippen molar-refractivity contribution in [2.45, 2.75) is 18.7 Å². The van der Waals surface area contributed by atoms with Crippen molar-refractivity contribution in [1.82, 2.24) is 0 Å². The molecular formula is C7H11BrO2. The minimum Gasteiger partial charge on any atom is -0.469 e. The zero-order valence-electron chi connectivity index (χ0n) is 6.35. The first-order valence-electron chi connectivity index (χ1n) is 3.23. The van der Waals surface area contributed by atoms with E-state index in [9.17, 15) is 4.79 Å². The third kappa shape index (κ3) is 0.965. The number of esters is 1. The summed E-state index contributed by atoms with van der Waals surface area (Å²) in [4.78, 5) is 11.2. The predicted molar refractivity (Wildman–Crippen MR) is 42.0 cm³/mol. The maximum Gasteiger partial charge on any atom is 0.310 e. The van der Waals surface area contributed by atoms with Crippen LogP contribution in [0.1, 0.15) is 13.8 Å². The average molecular weight is 207 g/mol. The van der Waals surface area contributed by atoms with Crippen LogP contribution in [0.15, 0.2) is 0 Å². The van der Waals surface area contributed by atoms with E-state index in [0.717, 1.165) is 0 Å². The average Bonchev–Trinajstić information content (AvgIpc) is 2.33. The number of halogens is 1. The fourth-order valence-corrected chi connectivity index (χ4v) is 2.15. The molecule has 1 fully saturated rings. The molecule has 0 radical (unpaired) electrons. The van der Waals surface area contributed by atoms with E-state index in [1.165, 1.54) is 7.11 Å². The van der Waals surface area contributed by atoms with E-state index < -0.39 is 0 Å². The first-order valence-corrected chi connectivity index (χ1v) is 4.15. The topological polar surface area (TPSA) is 26.3 Å². The van der Waals surface area contributed by atoms with E-state index in [4.69, 9.17) is 0 Å². The van der Waals surface area contributed by atoms with Gasteiger partial charge in [0.15, 0.2) is 0 Å². The Hall–Kier alpha value is -0.0500. The number of ether oxygens (including phenoxy) is 1. The molecule has 0 aliphatic heterocycles. The van der Waals surface area contributed by atoms with Crippen molar-refractivity contribution >= 4 is 21.9 Å². The van der Waals surface area contributed by atoms with Crippen molar-refractivity contribution in [3.8, 4) is 0 Å². The Bertz CT molecular complexity index is 165. The van der Waals surface area contributed by atoms with Crippen LogP contribution in [0.2, 0.25) is 0 Å². The van der Waals surface area contributed by atoms with Gasteiger partial charge in [-0.25, -0.2) is 0 Å². The molecule has 58 valence electrons. The van der Waals surface area contributed by atoms with Crippen LogP contribution in [0.5, 0.6) is 0 Å². The monoisotopic (exact) mass is 206 g/mol. The fraction of sp³-hybridized carbons (Fsp3) is 0.857. The number of alkyl halides is 1. The largest absolute Gasteiger partial charge is 0.469 e. The molecule has 2 unspecified atom stereocenters. The molecule has 1 saturated carbocycles. The van der Waals surface area contributed by atoms with Gasteiger partial charge in [0.2, 0.25) is 0 Å². The lowest BCUT2D eigenvalue weighted by Crippen LogP contribution is -2.07. The summed E-state index contributed by atoms with van der Waals surface area (Å²) in [5, 5.41) is 0. The molecule has 0 spiro atoms. The first kappa shape index (κ1) is 8.05. The Balaban J connectivity index is 2.57. The highest BCUT2D eigenvalue weighted by Gasteiger charge is 2.61. The summed E-state index contributed by atoms with van der Waals surface area (Å²) in [7, 11) is 1.43. The minimum absolute atomic E-state index is 0.0532. The van der Waals surface area contributed by atoms with Crippen LogP contribution < -0.4 is 0 Å². The van der Waals surface area contributed by atoms with Gasteiger partial charge < -0.3 is 4.74 Å². The van der Waals surface area contributed by atoms with Gasteiger partial charge in [-0.3, -0.25) is 4.79 Å². The van der Waals surface area contributed by atoms with Crippen LogP contribution in [-0.4, -0.2) is 17.9 Å². The van der Waals surface area contributed by atoms with Crippen molar-refractivity contribution < 1.29 is 9.53 Å². The lowest BCUT2D eigenvalue weighted by molar-refractivity contribution is -0.142. The Labute approximate surface area is 69.1 Å². The van der Waals surface area contributed by atoms with Crippen molar-refractivity contribution in [2.24, 2.45) is 11.3 Å². The van der Waals surface area contributed by atoms with Gasteiger partial charge in [-0.15, -0.1) is 0 Å². The molecule has 0 amide bonds. The smallest absolute Gasteiger partial charge is 0.310 e. The van der Waals surface area contributed by atoms with Gasteiger partial charge in [0.25, 0.3) is 0 Å². The maximum atomic E-state index is 10.9. The third-order valence-corrected chi connectivity index (χ3v) is 3.86. The van der Waals surface area contributed by atoms with Crippen LogP contribution >= 0.6 is 15.9 Å². The van der Waals surface area contributed by atoms with E-state index in [1.54, 1.807) is 0 Å². The van der Waals surface area contributed by atoms with E-state index in [2.05, 4.69) is 20.7 Å². The lowest BCUT2D eigenvalue weighted by atomic mass is 10.1. The number of rotatable bonds is 1. The van der Waals surface area contributed by atoms with Crippen molar-refractivity contribution in [3.63, 3.8) is 0 Å². The molecule has 0 N–H and O–H groups in total. The van der Waals surface area contributed by atoms with Gasteiger partial charge in [0.05, 0.1) is 13.0 Å². The standard InChI is InChI=1S/C7H11BrO2/c1-7(2)4(5(7)8)6(9)10-3/h4-5H,1-3H3. The summed E-state index contributed by atoms with van der Waals surface area (Å²) in [6, 6.07) is 0. The van der Waals surface area contributed by atoms with Crippen molar-refractivity contribution in [1.29, 1.82) is 0 Å². The highest BCUT2D eigenvalue weighted by molar-refractivity contribution is 9.09. The summed E-state index contributed by atoms with van der Waals surface area (Å²) < 4.78 is 4.61. The van der Waals surface area contributed by atoms with Crippen molar-refractivity contribution in [2.75, 3.05) is 7.11 Å². The molecule has 3 heteroatoms. The van der Waals surface area contributed by atoms with Gasteiger partial charge in [0.1, 0.15) is 0 Å². The fourth-order valence-electron chi connectivity index (χ4n) is 1.13. The summed E-state index contributed by atoms with van der Waals surface area (Å²) in [5.41, 5.74) is 0.0904. The van der Waals surface area contributed by atoms with Gasteiger partial charge in [-0.1, -0.05) is 29.8 Å². The number of hydrogen-bond acceptors (Lipinski definition) is 2. The first-order chi connectivity index (χ1) is 4.51. The molecule has 0 saturated heterocycles. The number of hydrogen-bond donors (Lipinski definition) is 0. The Morgan fingerprint density at radius 3 is 2.10 bits per heavy atom. The molecule has 1 rings (SSSR count). The summed E-state index contributed by atoms with van der Waals surface area (Å²) in [5.74, 6) is -0.0515. The van der Waals surface area contributed by atoms with Crippen LogP contribution in [0.3, 0.4) is 0 Å². The third-order valence-electron chi connectivity index (χ3n) is 2.15. The van der Waals surface area contributed by atoms with Gasteiger partial charge in [-0.2, -0.15) is 0 Å². The van der Waals surface area contributed by atoms with E-state index in [0.29, 0.717) is 4.83 Å². The molecule has 1 aliphatic carbocycles. The Kier molecular flexibility index (Phi) is 1.79. The zero-order valence-corrected chi connectivity index (χ0v) is 7.94. The highest BCUT2D eigenvalue weighted by atomic mass is 79.9. The molecule has 0 bridgehead atoms. The zero-order chi connectivity index (χ0) is 7.94. The molecule has 1 aliphatic rings. The quantitative estimate of drug-likeness (QED) is 0.482. The van der Waals surface area contributed by atoms with E-state index in [1.807, 2.05) is 13.8 Å². The number of carbonyl (C=O) groups excluding carboxylic acids is 1. The Morgan fingerprint density at radius 1 is 1.60 bits per heavy atom. The van der Waals surface area contributed by atoms with Gasteiger partial charge in [0, 0.05) is 4.83 Å². The minimum atomic E-state index is -0.105. The molecular weight excluding hydrogens is 196 g/mol. The molecule has 2 atom stereocenters. The second kappa shape index (κ2) is 2.22. The predicted octanol–water partition coefficient (Wildman–Crippen LogP) is 1.58. The lowest BCUT2D eigenvalue weighted by Gasteiger charge is -1.98. The van der Waals surface area contributed by atoms with Crippen LogP contribution in [0.4, 0.5) is 0 Å².